The van der Waals surface area contributed by atoms with Crippen LogP contribution in [0.5, 0.6) is 0 Å². The summed E-state index contributed by atoms with van der Waals surface area (Å²) in [4.78, 5) is 3.75. The third-order valence-corrected chi connectivity index (χ3v) is 2.38. The van der Waals surface area contributed by atoms with Gasteiger partial charge in [-0.1, -0.05) is 5.57 Å². The van der Waals surface area contributed by atoms with E-state index in [1.165, 1.54) is 6.07 Å². The van der Waals surface area contributed by atoms with Gasteiger partial charge in [0, 0.05) is 12.2 Å². The maximum absolute atomic E-state index is 12.3. The van der Waals surface area contributed by atoms with Crippen molar-refractivity contribution in [2.75, 3.05) is 0 Å². The van der Waals surface area contributed by atoms with Gasteiger partial charge in [-0.15, -0.1) is 6.58 Å². The summed E-state index contributed by atoms with van der Waals surface area (Å²) in [6, 6.07) is 1.98. The van der Waals surface area contributed by atoms with Gasteiger partial charge in [-0.2, -0.15) is 13.2 Å². The van der Waals surface area contributed by atoms with E-state index in [0.717, 1.165) is 24.3 Å². The largest absolute Gasteiger partial charge is 0.417 e. The molecule has 0 fully saturated rings. The molecular formula is C12H15F3N2. The number of hydrogen-bond donors (Lipinski definition) is 1. The van der Waals surface area contributed by atoms with Crippen LogP contribution >= 0.6 is 0 Å². The Labute approximate surface area is 98.4 Å². The Balaban J connectivity index is 2.70. The van der Waals surface area contributed by atoms with Gasteiger partial charge < -0.3 is 5.73 Å². The van der Waals surface area contributed by atoms with Crippen molar-refractivity contribution in [1.82, 2.24) is 4.98 Å². The molecule has 1 atom stereocenters. The van der Waals surface area contributed by atoms with E-state index in [0.29, 0.717) is 12.1 Å². The van der Waals surface area contributed by atoms with Crippen LogP contribution in [0.4, 0.5) is 13.2 Å². The summed E-state index contributed by atoms with van der Waals surface area (Å²) in [7, 11) is 0. The summed E-state index contributed by atoms with van der Waals surface area (Å²) in [6.07, 6.45) is -2.17. The van der Waals surface area contributed by atoms with Gasteiger partial charge in [0.15, 0.2) is 0 Å². The highest BCUT2D eigenvalue weighted by Crippen LogP contribution is 2.29. The Kier molecular flexibility index (Phi) is 4.28. The number of allylic oxidation sites excluding steroid dienone is 1. The summed E-state index contributed by atoms with van der Waals surface area (Å²) < 4.78 is 36.9. The van der Waals surface area contributed by atoms with Crippen LogP contribution in [0, 0.1) is 0 Å². The van der Waals surface area contributed by atoms with E-state index >= 15 is 0 Å². The number of rotatable bonds is 4. The fourth-order valence-corrected chi connectivity index (χ4v) is 1.34. The molecule has 0 amide bonds. The maximum atomic E-state index is 12.3. The van der Waals surface area contributed by atoms with Crippen molar-refractivity contribution in [3.63, 3.8) is 0 Å². The second kappa shape index (κ2) is 5.31. The van der Waals surface area contributed by atoms with E-state index in [1.54, 1.807) is 0 Å². The van der Waals surface area contributed by atoms with Crippen LogP contribution in [0.15, 0.2) is 30.5 Å². The molecule has 0 radical (unpaired) electrons. The van der Waals surface area contributed by atoms with Crippen molar-refractivity contribution in [2.45, 2.75) is 32.0 Å². The van der Waals surface area contributed by atoms with E-state index in [1.807, 2.05) is 6.92 Å². The molecule has 0 bridgehead atoms. The summed E-state index contributed by atoms with van der Waals surface area (Å²) >= 11 is 0. The van der Waals surface area contributed by atoms with Crippen LogP contribution in [0.25, 0.3) is 0 Å². The van der Waals surface area contributed by atoms with Crippen LogP contribution in [0.3, 0.4) is 0 Å². The summed E-state index contributed by atoms with van der Waals surface area (Å²) in [5, 5.41) is 0. The molecule has 1 rings (SSSR count). The van der Waals surface area contributed by atoms with Gasteiger partial charge in [-0.3, -0.25) is 4.98 Å². The van der Waals surface area contributed by atoms with Crippen molar-refractivity contribution in [1.29, 1.82) is 0 Å². The minimum absolute atomic E-state index is 0.353. The molecule has 0 aliphatic rings. The SMILES string of the molecule is C=C(C)CCC(N)c1ccc(C(F)(F)F)cn1. The monoisotopic (exact) mass is 244 g/mol. The Bertz CT molecular complexity index is 382. The molecule has 1 aromatic rings. The first-order valence-electron chi connectivity index (χ1n) is 5.24. The third-order valence-electron chi connectivity index (χ3n) is 2.38. The predicted molar refractivity (Wildman–Crippen MR) is 60.2 cm³/mol. The topological polar surface area (TPSA) is 38.9 Å². The molecular weight excluding hydrogens is 229 g/mol. The quantitative estimate of drug-likeness (QED) is 0.824. The average Bonchev–Trinajstić information content (AvgIpc) is 2.25. The fraction of sp³-hybridized carbons (Fsp3) is 0.417. The van der Waals surface area contributed by atoms with Crippen molar-refractivity contribution >= 4 is 0 Å². The number of aromatic nitrogens is 1. The van der Waals surface area contributed by atoms with E-state index in [4.69, 9.17) is 5.73 Å². The zero-order valence-electron chi connectivity index (χ0n) is 9.59. The first-order chi connectivity index (χ1) is 7.80. The molecule has 2 nitrogen and oxygen atoms in total. The first-order valence-corrected chi connectivity index (χ1v) is 5.24. The Morgan fingerprint density at radius 2 is 2.12 bits per heavy atom. The first kappa shape index (κ1) is 13.7. The Morgan fingerprint density at radius 1 is 1.47 bits per heavy atom. The van der Waals surface area contributed by atoms with Crippen LogP contribution in [-0.4, -0.2) is 4.98 Å². The molecule has 94 valence electrons. The van der Waals surface area contributed by atoms with E-state index < -0.39 is 11.7 Å². The highest BCUT2D eigenvalue weighted by molar-refractivity contribution is 5.18. The molecule has 0 aliphatic heterocycles. The molecule has 0 saturated heterocycles. The van der Waals surface area contributed by atoms with E-state index in [9.17, 15) is 13.2 Å². The molecule has 0 aliphatic carbocycles. The van der Waals surface area contributed by atoms with E-state index in [-0.39, 0.29) is 6.04 Å². The second-order valence-electron chi connectivity index (χ2n) is 4.07. The predicted octanol–water partition coefficient (Wildman–Crippen LogP) is 3.46. The third kappa shape index (κ3) is 4.19. The van der Waals surface area contributed by atoms with Crippen molar-refractivity contribution < 1.29 is 13.2 Å². The maximum Gasteiger partial charge on any atom is 0.417 e. The molecule has 0 spiro atoms. The molecule has 2 N–H and O–H groups in total. The fourth-order valence-electron chi connectivity index (χ4n) is 1.34. The van der Waals surface area contributed by atoms with Gasteiger partial charge in [0.25, 0.3) is 0 Å². The minimum atomic E-state index is -4.35. The highest BCUT2D eigenvalue weighted by Gasteiger charge is 2.30. The minimum Gasteiger partial charge on any atom is -0.323 e. The lowest BCUT2D eigenvalue weighted by atomic mass is 10.0. The van der Waals surface area contributed by atoms with Gasteiger partial charge in [-0.25, -0.2) is 0 Å². The van der Waals surface area contributed by atoms with Crippen molar-refractivity contribution in [2.24, 2.45) is 5.73 Å². The molecule has 0 saturated carbocycles. The average molecular weight is 244 g/mol. The number of hydrogen-bond acceptors (Lipinski definition) is 2. The highest BCUT2D eigenvalue weighted by atomic mass is 19.4. The summed E-state index contributed by atoms with van der Waals surface area (Å²) in [5.74, 6) is 0. The lowest BCUT2D eigenvalue weighted by Gasteiger charge is -2.12. The molecule has 1 unspecified atom stereocenters. The lowest BCUT2D eigenvalue weighted by Crippen LogP contribution is -2.13. The van der Waals surface area contributed by atoms with Gasteiger partial charge in [0.1, 0.15) is 0 Å². The summed E-state index contributed by atoms with van der Waals surface area (Å²) in [6.45, 7) is 5.62. The van der Waals surface area contributed by atoms with Gasteiger partial charge in [0.2, 0.25) is 0 Å². The normalized spacial score (nSPS) is 13.5. The number of alkyl halides is 3. The molecule has 1 aromatic heterocycles. The number of halogens is 3. The van der Waals surface area contributed by atoms with Crippen LogP contribution < -0.4 is 5.73 Å². The van der Waals surface area contributed by atoms with Crippen LogP contribution in [-0.2, 0) is 6.18 Å². The molecule has 1 heterocycles. The van der Waals surface area contributed by atoms with Gasteiger partial charge >= 0.3 is 6.18 Å². The van der Waals surface area contributed by atoms with Gasteiger partial charge in [-0.05, 0) is 31.9 Å². The zero-order chi connectivity index (χ0) is 13.1. The number of nitrogens with two attached hydrogens (primary N) is 1. The van der Waals surface area contributed by atoms with Crippen molar-refractivity contribution in [3.05, 3.63) is 41.7 Å². The number of pyridine rings is 1. The Morgan fingerprint density at radius 3 is 2.53 bits per heavy atom. The molecule has 17 heavy (non-hydrogen) atoms. The zero-order valence-corrected chi connectivity index (χ0v) is 9.59. The molecule has 0 aromatic carbocycles. The van der Waals surface area contributed by atoms with Gasteiger partial charge in [0.05, 0.1) is 11.3 Å². The van der Waals surface area contributed by atoms with Crippen molar-refractivity contribution in [3.8, 4) is 0 Å². The van der Waals surface area contributed by atoms with Crippen LogP contribution in [0.1, 0.15) is 37.1 Å². The standard InChI is InChI=1S/C12H15F3N2/c1-8(2)3-5-10(16)11-6-4-9(7-17-11)12(13,14)15/h4,6-7,10H,1,3,5,16H2,2H3. The van der Waals surface area contributed by atoms with Crippen LogP contribution in [0.2, 0.25) is 0 Å². The summed E-state index contributed by atoms with van der Waals surface area (Å²) in [5.41, 5.74) is 6.53. The number of nitrogens with zero attached hydrogens (tertiary/aromatic N) is 1. The smallest absolute Gasteiger partial charge is 0.323 e. The molecule has 5 heteroatoms. The second-order valence-corrected chi connectivity index (χ2v) is 4.07. The lowest BCUT2D eigenvalue weighted by molar-refractivity contribution is -0.137. The Hall–Kier alpha value is -1.36. The van der Waals surface area contributed by atoms with E-state index in [2.05, 4.69) is 11.6 Å².